The predicted molar refractivity (Wildman–Crippen MR) is 87.3 cm³/mol. The molecule has 1 amide bonds. The van der Waals surface area contributed by atoms with Crippen molar-refractivity contribution in [1.82, 2.24) is 0 Å². The summed E-state index contributed by atoms with van der Waals surface area (Å²) in [5.74, 6) is -0.158. The average molecular weight is 314 g/mol. The number of nitrogens with zero attached hydrogens (tertiary/aromatic N) is 1. The summed E-state index contributed by atoms with van der Waals surface area (Å²) in [5, 5.41) is 13.7. The summed E-state index contributed by atoms with van der Waals surface area (Å²) < 4.78 is 5.14. The molecule has 2 aromatic carbocycles. The van der Waals surface area contributed by atoms with Crippen LogP contribution < -0.4 is 10.1 Å². The van der Waals surface area contributed by atoms with Crippen molar-refractivity contribution >= 4 is 11.6 Å². The molecule has 6 heteroatoms. The highest BCUT2D eigenvalue weighted by Gasteiger charge is 2.22. The van der Waals surface area contributed by atoms with E-state index in [-0.39, 0.29) is 18.9 Å². The quantitative estimate of drug-likeness (QED) is 0.629. The number of amides is 1. The first-order chi connectivity index (χ1) is 11.1. The van der Waals surface area contributed by atoms with Crippen LogP contribution in [-0.4, -0.2) is 24.5 Å². The number of ether oxygens (including phenoxy) is 1. The molecule has 2 rings (SSSR count). The van der Waals surface area contributed by atoms with E-state index in [1.807, 2.05) is 18.2 Å². The Bertz CT molecular complexity index is 673. The molecule has 0 saturated carbocycles. The fourth-order valence-electron chi connectivity index (χ4n) is 2.32. The van der Waals surface area contributed by atoms with Gasteiger partial charge in [-0.2, -0.15) is 0 Å². The summed E-state index contributed by atoms with van der Waals surface area (Å²) in [6.45, 7) is -0.310. The van der Waals surface area contributed by atoms with Crippen molar-refractivity contribution in [2.45, 2.75) is 12.3 Å². The lowest BCUT2D eigenvalue weighted by Gasteiger charge is -2.14. The Balaban J connectivity index is 2.11. The normalized spacial score (nSPS) is 11.5. The summed E-state index contributed by atoms with van der Waals surface area (Å²) in [6, 6.07) is 16.0. The second-order valence-electron chi connectivity index (χ2n) is 5.11. The van der Waals surface area contributed by atoms with Crippen molar-refractivity contribution in [2.75, 3.05) is 19.0 Å². The van der Waals surface area contributed by atoms with E-state index in [0.717, 1.165) is 0 Å². The number of nitro groups is 1. The fraction of sp³-hybridized carbons (Fsp3) is 0.235. The van der Waals surface area contributed by atoms with E-state index < -0.39 is 10.8 Å². The highest BCUT2D eigenvalue weighted by atomic mass is 16.6. The highest BCUT2D eigenvalue weighted by Crippen LogP contribution is 2.24. The molecule has 0 saturated heterocycles. The highest BCUT2D eigenvalue weighted by molar-refractivity contribution is 5.91. The molecule has 0 radical (unpaired) electrons. The first-order valence-electron chi connectivity index (χ1n) is 7.19. The molecule has 1 unspecified atom stereocenters. The monoisotopic (exact) mass is 314 g/mol. The summed E-state index contributed by atoms with van der Waals surface area (Å²) >= 11 is 0. The third kappa shape index (κ3) is 5.10. The lowest BCUT2D eigenvalue weighted by Crippen LogP contribution is -2.20. The van der Waals surface area contributed by atoms with Gasteiger partial charge in [-0.15, -0.1) is 0 Å². The molecule has 6 nitrogen and oxygen atoms in total. The topological polar surface area (TPSA) is 81.5 Å². The minimum atomic E-state index is -0.510. The summed E-state index contributed by atoms with van der Waals surface area (Å²) in [7, 11) is 1.53. The Hall–Kier alpha value is -2.89. The lowest BCUT2D eigenvalue weighted by atomic mass is 9.95. The summed E-state index contributed by atoms with van der Waals surface area (Å²) in [5.41, 5.74) is 1.38. The molecule has 23 heavy (non-hydrogen) atoms. The van der Waals surface area contributed by atoms with Crippen LogP contribution in [0.3, 0.4) is 0 Å². The zero-order valence-electron chi connectivity index (χ0n) is 12.8. The maximum absolute atomic E-state index is 12.2. The standard InChI is InChI=1S/C17H18N2O4/c1-23-16-9-5-6-13(10-16)14(12-19(21)22)11-17(20)18-15-7-3-2-4-8-15/h2-10,14H,11-12H2,1H3,(H,18,20). The number of hydrogen-bond acceptors (Lipinski definition) is 4. The minimum absolute atomic E-state index is 0.0308. The molecule has 0 heterocycles. The van der Waals surface area contributed by atoms with E-state index >= 15 is 0 Å². The van der Waals surface area contributed by atoms with Gasteiger partial charge in [-0.1, -0.05) is 30.3 Å². The van der Waals surface area contributed by atoms with Crippen LogP contribution in [0.5, 0.6) is 5.75 Å². The van der Waals surface area contributed by atoms with Crippen molar-refractivity contribution in [3.63, 3.8) is 0 Å². The number of carbonyl (C=O) groups excluding carboxylic acids is 1. The van der Waals surface area contributed by atoms with Crippen molar-refractivity contribution in [1.29, 1.82) is 0 Å². The Morgan fingerprint density at radius 1 is 1.22 bits per heavy atom. The van der Waals surface area contributed by atoms with Gasteiger partial charge in [0.05, 0.1) is 13.0 Å². The van der Waals surface area contributed by atoms with E-state index in [4.69, 9.17) is 4.74 Å². The molecule has 120 valence electrons. The number of rotatable bonds is 7. The lowest BCUT2D eigenvalue weighted by molar-refractivity contribution is -0.483. The van der Waals surface area contributed by atoms with E-state index in [1.54, 1.807) is 36.4 Å². The van der Waals surface area contributed by atoms with Crippen molar-refractivity contribution < 1.29 is 14.5 Å². The van der Waals surface area contributed by atoms with E-state index in [1.165, 1.54) is 7.11 Å². The van der Waals surface area contributed by atoms with Crippen LogP contribution in [-0.2, 0) is 4.79 Å². The number of hydrogen-bond donors (Lipinski definition) is 1. The maximum atomic E-state index is 12.2. The van der Waals surface area contributed by atoms with Gasteiger partial charge in [0, 0.05) is 17.0 Å². The van der Waals surface area contributed by atoms with Gasteiger partial charge >= 0.3 is 0 Å². The Morgan fingerprint density at radius 3 is 2.61 bits per heavy atom. The molecule has 0 aliphatic carbocycles. The number of benzene rings is 2. The van der Waals surface area contributed by atoms with Gasteiger partial charge in [0.1, 0.15) is 5.75 Å². The molecule has 2 aromatic rings. The minimum Gasteiger partial charge on any atom is -0.497 e. The molecular weight excluding hydrogens is 296 g/mol. The number of methoxy groups -OCH3 is 1. The second kappa shape index (κ2) is 7.93. The third-order valence-corrected chi connectivity index (χ3v) is 3.42. The van der Waals surface area contributed by atoms with Gasteiger partial charge < -0.3 is 10.1 Å². The van der Waals surface area contributed by atoms with Gasteiger partial charge in [0.2, 0.25) is 12.5 Å². The van der Waals surface area contributed by atoms with Gasteiger partial charge in [0.25, 0.3) is 0 Å². The van der Waals surface area contributed by atoms with E-state index in [0.29, 0.717) is 17.0 Å². The van der Waals surface area contributed by atoms with Crippen molar-refractivity contribution in [2.24, 2.45) is 0 Å². The van der Waals surface area contributed by atoms with Crippen LogP contribution in [0.25, 0.3) is 0 Å². The third-order valence-electron chi connectivity index (χ3n) is 3.42. The predicted octanol–water partition coefficient (Wildman–Crippen LogP) is 3.08. The van der Waals surface area contributed by atoms with Crippen LogP contribution in [0.1, 0.15) is 17.9 Å². The molecule has 1 N–H and O–H groups in total. The number of nitrogens with one attached hydrogen (secondary N) is 1. The first-order valence-corrected chi connectivity index (χ1v) is 7.19. The molecule has 0 aliphatic heterocycles. The molecule has 1 atom stereocenters. The smallest absolute Gasteiger partial charge is 0.225 e. The van der Waals surface area contributed by atoms with Crippen molar-refractivity contribution in [3.05, 3.63) is 70.3 Å². The first kappa shape index (κ1) is 16.5. The second-order valence-corrected chi connectivity index (χ2v) is 5.11. The van der Waals surface area contributed by atoms with Crippen LogP contribution in [0.2, 0.25) is 0 Å². The van der Waals surface area contributed by atoms with Gasteiger partial charge in [-0.25, -0.2) is 0 Å². The van der Waals surface area contributed by atoms with Crippen LogP contribution in [0.4, 0.5) is 5.69 Å². The van der Waals surface area contributed by atoms with Gasteiger partial charge in [-0.05, 0) is 29.8 Å². The Morgan fingerprint density at radius 2 is 1.96 bits per heavy atom. The Kier molecular flexibility index (Phi) is 5.68. The van der Waals surface area contributed by atoms with Gasteiger partial charge in [-0.3, -0.25) is 14.9 Å². The maximum Gasteiger partial charge on any atom is 0.225 e. The summed E-state index contributed by atoms with van der Waals surface area (Å²) in [4.78, 5) is 22.7. The molecule has 0 aromatic heterocycles. The van der Waals surface area contributed by atoms with Crippen LogP contribution in [0, 0.1) is 10.1 Å². The average Bonchev–Trinajstić information content (AvgIpc) is 2.54. The number of para-hydroxylation sites is 1. The van der Waals surface area contributed by atoms with Crippen molar-refractivity contribution in [3.8, 4) is 5.75 Å². The molecular formula is C17H18N2O4. The molecule has 0 bridgehead atoms. The number of anilines is 1. The van der Waals surface area contributed by atoms with Gasteiger partial charge in [0.15, 0.2) is 0 Å². The zero-order chi connectivity index (χ0) is 16.7. The van der Waals surface area contributed by atoms with Crippen LogP contribution in [0.15, 0.2) is 54.6 Å². The number of carbonyl (C=O) groups is 1. The molecule has 0 aliphatic rings. The molecule has 0 fully saturated rings. The van der Waals surface area contributed by atoms with Crippen LogP contribution >= 0.6 is 0 Å². The fourth-order valence-corrected chi connectivity index (χ4v) is 2.32. The summed E-state index contributed by atoms with van der Waals surface area (Å²) in [6.07, 6.45) is 0.0308. The van der Waals surface area contributed by atoms with E-state index in [9.17, 15) is 14.9 Å². The SMILES string of the molecule is COc1cccc(C(CC(=O)Nc2ccccc2)C[N+](=O)[O-])c1. The largest absolute Gasteiger partial charge is 0.497 e. The zero-order valence-corrected chi connectivity index (χ0v) is 12.8. The molecule has 0 spiro atoms. The Labute approximate surface area is 134 Å². The van der Waals surface area contributed by atoms with E-state index in [2.05, 4.69) is 5.32 Å².